The third kappa shape index (κ3) is 7.14. The van der Waals surface area contributed by atoms with E-state index in [9.17, 15) is 9.90 Å². The second kappa shape index (κ2) is 10.6. The molecule has 0 aromatic rings. The van der Waals surface area contributed by atoms with Crippen LogP contribution in [0.3, 0.4) is 0 Å². The highest BCUT2D eigenvalue weighted by molar-refractivity contribution is 6.76. The van der Waals surface area contributed by atoms with Crippen LogP contribution in [0.15, 0.2) is 0 Å². The number of aliphatic hydroxyl groups is 1. The van der Waals surface area contributed by atoms with Crippen molar-refractivity contribution in [2.75, 3.05) is 6.61 Å². The fourth-order valence-corrected chi connectivity index (χ4v) is 8.51. The summed E-state index contributed by atoms with van der Waals surface area (Å²) in [7, 11) is -3.43. The molecular weight excluding hydrogens is 434 g/mol. The Labute approximate surface area is 199 Å². The van der Waals surface area contributed by atoms with Crippen molar-refractivity contribution in [2.24, 2.45) is 5.92 Å². The smallest absolute Gasteiger partial charge is 0.307 e. The largest absolute Gasteiger partial charge is 0.466 e. The molecule has 2 N–H and O–H groups in total. The Morgan fingerprint density at radius 1 is 1.12 bits per heavy atom. The Bertz CT molecular complexity index is 624. The van der Waals surface area contributed by atoms with E-state index in [1.54, 1.807) is 0 Å². The van der Waals surface area contributed by atoms with Crippen LogP contribution in [-0.2, 0) is 14.0 Å². The molecule has 5 nitrogen and oxygen atoms in total. The molecule has 1 heterocycles. The van der Waals surface area contributed by atoms with E-state index in [4.69, 9.17) is 9.16 Å². The third-order valence-corrected chi connectivity index (χ3v) is 14.2. The average Bonchev–Trinajstić information content (AvgIpc) is 2.59. The van der Waals surface area contributed by atoms with Crippen molar-refractivity contribution >= 4 is 22.4 Å². The molecule has 7 heteroatoms. The molecule has 2 fully saturated rings. The highest BCUT2D eigenvalue weighted by atomic mass is 28.4. The van der Waals surface area contributed by atoms with Crippen LogP contribution >= 0.6 is 0 Å². The summed E-state index contributed by atoms with van der Waals surface area (Å²) >= 11 is 0. The van der Waals surface area contributed by atoms with E-state index in [0.29, 0.717) is 13.0 Å². The van der Waals surface area contributed by atoms with Gasteiger partial charge in [-0.25, -0.2) is 0 Å². The van der Waals surface area contributed by atoms with E-state index in [1.807, 2.05) is 6.92 Å². The molecule has 1 saturated heterocycles. The Balaban J connectivity index is 2.35. The predicted octanol–water partition coefficient (Wildman–Crippen LogP) is 5.71. The summed E-state index contributed by atoms with van der Waals surface area (Å²) in [6.45, 7) is 20.8. The topological polar surface area (TPSA) is 67.8 Å². The van der Waals surface area contributed by atoms with Gasteiger partial charge in [0, 0.05) is 25.6 Å². The number of nitrogens with one attached hydrogen (secondary N) is 1. The third-order valence-electron chi connectivity index (χ3n) is 8.02. The number of hydrogen-bond acceptors (Lipinski definition) is 5. The summed E-state index contributed by atoms with van der Waals surface area (Å²) in [4.78, 5) is 12.2. The summed E-state index contributed by atoms with van der Waals surface area (Å²) in [6, 6.07) is 1.01. The van der Waals surface area contributed by atoms with Gasteiger partial charge in [0.2, 0.25) is 0 Å². The summed E-state index contributed by atoms with van der Waals surface area (Å²) in [6.07, 6.45) is 6.43. The van der Waals surface area contributed by atoms with Crippen molar-refractivity contribution in [3.05, 3.63) is 0 Å². The molecule has 1 aliphatic heterocycles. The molecule has 1 aliphatic carbocycles. The van der Waals surface area contributed by atoms with Crippen LogP contribution in [0.4, 0.5) is 0 Å². The average molecular weight is 486 g/mol. The first-order chi connectivity index (χ1) is 14.6. The van der Waals surface area contributed by atoms with Gasteiger partial charge in [0.25, 0.3) is 0 Å². The van der Waals surface area contributed by atoms with Gasteiger partial charge in [-0.2, -0.15) is 0 Å². The number of rotatable bonds is 8. The second-order valence-corrected chi connectivity index (χ2v) is 23.4. The normalized spacial score (nSPS) is 30.9. The van der Waals surface area contributed by atoms with E-state index in [1.165, 1.54) is 0 Å². The molecule has 32 heavy (non-hydrogen) atoms. The Hall–Kier alpha value is -0.216. The van der Waals surface area contributed by atoms with Gasteiger partial charge in [-0.15, -0.1) is 0 Å². The molecule has 0 radical (unpaired) electrons. The summed E-state index contributed by atoms with van der Waals surface area (Å²) in [5.41, 5.74) is -0.153. The highest BCUT2D eigenvalue weighted by Gasteiger charge is 2.53. The van der Waals surface area contributed by atoms with Crippen LogP contribution in [0.5, 0.6) is 0 Å². The number of aliphatic hydroxyl groups excluding tert-OH is 1. The SMILES string of the molecule is CCOC(=O)C[C@@H]1CCC[C@]2(CCC[C@H](O[Si](C)(C)C(C)(C)C)[C@@H]2[C@H](O)C[Si](C)(C)C)N1. The van der Waals surface area contributed by atoms with E-state index in [0.717, 1.165) is 44.6 Å². The molecule has 2 aliphatic rings. The number of esters is 1. The van der Waals surface area contributed by atoms with Gasteiger partial charge >= 0.3 is 5.97 Å². The fourth-order valence-electron chi connectivity index (χ4n) is 5.63. The standard InChI is InChI=1S/C25H51NO4Si2/c1-10-29-22(28)17-19-13-11-15-25(26-19)16-12-14-21(30-32(8,9)24(2,3)4)23(25)20(27)18-31(5,6)7/h19-21,23,26-27H,10-18H2,1-9H3/t19-,20+,21-,23-,25+/m0/s1. The molecule has 0 aromatic carbocycles. The zero-order valence-corrected chi connectivity index (χ0v) is 24.3. The van der Waals surface area contributed by atoms with Crippen molar-refractivity contribution in [3.63, 3.8) is 0 Å². The van der Waals surface area contributed by atoms with Gasteiger partial charge < -0.3 is 19.6 Å². The first kappa shape index (κ1) is 28.0. The van der Waals surface area contributed by atoms with Crippen molar-refractivity contribution in [3.8, 4) is 0 Å². The zero-order chi connectivity index (χ0) is 24.4. The van der Waals surface area contributed by atoms with Gasteiger partial charge in [0.1, 0.15) is 0 Å². The summed E-state index contributed by atoms with van der Waals surface area (Å²) in [5, 5.41) is 15.7. The van der Waals surface area contributed by atoms with Crippen LogP contribution in [0.1, 0.15) is 72.6 Å². The summed E-state index contributed by atoms with van der Waals surface area (Å²) in [5.74, 6) is -0.0479. The number of hydrogen-bond donors (Lipinski definition) is 2. The maximum Gasteiger partial charge on any atom is 0.307 e. The molecule has 1 spiro atoms. The number of ether oxygens (including phenoxy) is 1. The second-order valence-electron chi connectivity index (χ2n) is 13.1. The number of carbonyl (C=O) groups excluding carboxylic acids is 1. The first-order valence-electron chi connectivity index (χ1n) is 12.9. The van der Waals surface area contributed by atoms with E-state index in [-0.39, 0.29) is 40.7 Å². The van der Waals surface area contributed by atoms with Crippen LogP contribution in [-0.4, -0.2) is 57.9 Å². The fraction of sp³-hybridized carbons (Fsp3) is 0.960. The van der Waals surface area contributed by atoms with E-state index in [2.05, 4.69) is 58.8 Å². The highest BCUT2D eigenvalue weighted by Crippen LogP contribution is 2.48. The lowest BCUT2D eigenvalue weighted by Gasteiger charge is -2.56. The van der Waals surface area contributed by atoms with Crippen LogP contribution in [0, 0.1) is 5.92 Å². The van der Waals surface area contributed by atoms with Crippen LogP contribution in [0.2, 0.25) is 43.8 Å². The lowest BCUT2D eigenvalue weighted by Crippen LogP contribution is -2.67. The predicted molar refractivity (Wildman–Crippen MR) is 138 cm³/mol. The molecule has 5 atom stereocenters. The number of piperidine rings is 1. The minimum absolute atomic E-state index is 0.0714. The number of carbonyl (C=O) groups is 1. The Morgan fingerprint density at radius 2 is 1.72 bits per heavy atom. The van der Waals surface area contributed by atoms with Crippen molar-refractivity contribution in [1.82, 2.24) is 5.32 Å². The monoisotopic (exact) mass is 485 g/mol. The summed E-state index contributed by atoms with van der Waals surface area (Å²) < 4.78 is 12.3. The maximum atomic E-state index is 12.2. The lowest BCUT2D eigenvalue weighted by atomic mass is 9.64. The molecule has 0 aromatic heterocycles. The molecule has 0 amide bonds. The quantitative estimate of drug-likeness (QED) is 0.340. The van der Waals surface area contributed by atoms with Gasteiger partial charge in [0.05, 0.1) is 25.2 Å². The molecule has 1 saturated carbocycles. The van der Waals surface area contributed by atoms with Gasteiger partial charge in [-0.05, 0) is 63.2 Å². The molecule has 188 valence electrons. The lowest BCUT2D eigenvalue weighted by molar-refractivity contribution is -0.144. The zero-order valence-electron chi connectivity index (χ0n) is 22.3. The minimum atomic E-state index is -1.97. The van der Waals surface area contributed by atoms with Gasteiger partial charge in [-0.1, -0.05) is 46.8 Å². The van der Waals surface area contributed by atoms with Gasteiger partial charge in [-0.3, -0.25) is 4.79 Å². The van der Waals surface area contributed by atoms with Crippen LogP contribution < -0.4 is 5.32 Å². The van der Waals surface area contributed by atoms with Crippen LogP contribution in [0.25, 0.3) is 0 Å². The molecule has 2 rings (SSSR count). The van der Waals surface area contributed by atoms with E-state index < -0.39 is 16.4 Å². The van der Waals surface area contributed by atoms with E-state index >= 15 is 0 Å². The molecular formula is C25H51NO4Si2. The Kier molecular flexibility index (Phi) is 9.27. The maximum absolute atomic E-state index is 12.2. The molecule has 0 bridgehead atoms. The van der Waals surface area contributed by atoms with Crippen molar-refractivity contribution in [1.29, 1.82) is 0 Å². The van der Waals surface area contributed by atoms with Crippen molar-refractivity contribution in [2.45, 2.75) is 140 Å². The van der Waals surface area contributed by atoms with Gasteiger partial charge in [0.15, 0.2) is 8.32 Å². The van der Waals surface area contributed by atoms with Crippen molar-refractivity contribution < 1.29 is 19.1 Å². The minimum Gasteiger partial charge on any atom is -0.466 e. The Morgan fingerprint density at radius 3 is 2.25 bits per heavy atom. The molecule has 0 unspecified atom stereocenters. The first-order valence-corrected chi connectivity index (χ1v) is 19.5.